The standard InChI is InChI=1S/C7H9N3O3.ClH/c8-7-9-3-4(6(13)10-7)1-2-5(11)12;/h3H,1-2H2,(H,11,12)(H3,8,9,10,13);1H. The van der Waals surface area contributed by atoms with Gasteiger partial charge in [-0.2, -0.15) is 0 Å². The van der Waals surface area contributed by atoms with Gasteiger partial charge in [0.05, 0.1) is 0 Å². The first-order chi connectivity index (χ1) is 6.09. The van der Waals surface area contributed by atoms with Gasteiger partial charge in [0.25, 0.3) is 5.56 Å². The average molecular weight is 220 g/mol. The molecule has 7 heteroatoms. The van der Waals surface area contributed by atoms with E-state index >= 15 is 0 Å². The summed E-state index contributed by atoms with van der Waals surface area (Å²) < 4.78 is 0. The maximum absolute atomic E-state index is 11.1. The second-order valence-corrected chi connectivity index (χ2v) is 2.52. The lowest BCUT2D eigenvalue weighted by Gasteiger charge is -1.96. The summed E-state index contributed by atoms with van der Waals surface area (Å²) in [7, 11) is 0. The third kappa shape index (κ3) is 3.44. The van der Waals surface area contributed by atoms with Gasteiger partial charge >= 0.3 is 5.97 Å². The minimum Gasteiger partial charge on any atom is -0.481 e. The Kier molecular flexibility index (Phi) is 4.65. The number of nitrogens with two attached hydrogens (primary N) is 1. The van der Waals surface area contributed by atoms with E-state index in [-0.39, 0.29) is 36.8 Å². The Morgan fingerprint density at radius 1 is 1.64 bits per heavy atom. The molecule has 14 heavy (non-hydrogen) atoms. The lowest BCUT2D eigenvalue weighted by atomic mass is 10.2. The first-order valence-electron chi connectivity index (χ1n) is 3.65. The van der Waals surface area contributed by atoms with Crippen molar-refractivity contribution >= 4 is 24.3 Å². The highest BCUT2D eigenvalue weighted by Crippen LogP contribution is 1.95. The molecule has 1 rings (SSSR count). The molecule has 0 saturated carbocycles. The number of halogens is 1. The zero-order chi connectivity index (χ0) is 9.84. The van der Waals surface area contributed by atoms with Crippen molar-refractivity contribution in [2.75, 3.05) is 5.73 Å². The second kappa shape index (κ2) is 5.23. The fourth-order valence-electron chi connectivity index (χ4n) is 0.855. The molecule has 0 unspecified atom stereocenters. The smallest absolute Gasteiger partial charge is 0.303 e. The van der Waals surface area contributed by atoms with Crippen LogP contribution in [0.15, 0.2) is 11.0 Å². The van der Waals surface area contributed by atoms with Gasteiger partial charge in [0.15, 0.2) is 5.95 Å². The van der Waals surface area contributed by atoms with Crippen molar-refractivity contribution in [2.45, 2.75) is 12.8 Å². The van der Waals surface area contributed by atoms with Crippen LogP contribution in [0.4, 0.5) is 5.95 Å². The Morgan fingerprint density at radius 2 is 2.29 bits per heavy atom. The molecule has 0 amide bonds. The van der Waals surface area contributed by atoms with E-state index in [0.29, 0.717) is 5.56 Å². The molecule has 78 valence electrons. The lowest BCUT2D eigenvalue weighted by Crippen LogP contribution is -2.16. The molecule has 0 radical (unpaired) electrons. The van der Waals surface area contributed by atoms with Crippen molar-refractivity contribution in [3.05, 3.63) is 22.1 Å². The predicted molar refractivity (Wildman–Crippen MR) is 52.5 cm³/mol. The highest BCUT2D eigenvalue weighted by molar-refractivity contribution is 5.85. The zero-order valence-corrected chi connectivity index (χ0v) is 8.00. The van der Waals surface area contributed by atoms with Gasteiger partial charge < -0.3 is 10.8 Å². The number of H-pyrrole nitrogens is 1. The molecular formula is C7H10ClN3O3. The van der Waals surface area contributed by atoms with E-state index in [2.05, 4.69) is 9.97 Å². The van der Waals surface area contributed by atoms with Crippen LogP contribution in [0, 0.1) is 0 Å². The van der Waals surface area contributed by atoms with Crippen molar-refractivity contribution in [1.29, 1.82) is 0 Å². The minimum absolute atomic E-state index is 0. The number of carbonyl (C=O) groups is 1. The molecule has 0 aliphatic carbocycles. The molecule has 4 N–H and O–H groups in total. The molecule has 0 bridgehead atoms. The summed E-state index contributed by atoms with van der Waals surface area (Å²) in [6.45, 7) is 0. The van der Waals surface area contributed by atoms with Crippen LogP contribution in [0.1, 0.15) is 12.0 Å². The number of aromatic nitrogens is 2. The fourth-order valence-corrected chi connectivity index (χ4v) is 0.855. The number of carboxylic acid groups (broad SMARTS) is 1. The van der Waals surface area contributed by atoms with Gasteiger partial charge in [0.1, 0.15) is 0 Å². The first kappa shape index (κ1) is 12.4. The number of aliphatic carboxylic acids is 1. The molecular weight excluding hydrogens is 210 g/mol. The normalized spacial score (nSPS) is 9.14. The third-order valence-corrected chi connectivity index (χ3v) is 1.50. The maximum Gasteiger partial charge on any atom is 0.303 e. The van der Waals surface area contributed by atoms with Gasteiger partial charge in [-0.1, -0.05) is 0 Å². The Balaban J connectivity index is 0.00000169. The average Bonchev–Trinajstić information content (AvgIpc) is 2.02. The Labute approximate surface area is 85.6 Å². The summed E-state index contributed by atoms with van der Waals surface area (Å²) in [4.78, 5) is 27.2. The number of nitrogens with zero attached hydrogens (tertiary/aromatic N) is 1. The van der Waals surface area contributed by atoms with Crippen LogP contribution in [0.25, 0.3) is 0 Å². The number of nitrogens with one attached hydrogen (secondary N) is 1. The van der Waals surface area contributed by atoms with Crippen LogP contribution in [-0.4, -0.2) is 21.0 Å². The Morgan fingerprint density at radius 3 is 2.79 bits per heavy atom. The number of anilines is 1. The van der Waals surface area contributed by atoms with E-state index in [1.807, 2.05) is 0 Å². The van der Waals surface area contributed by atoms with Crippen LogP contribution in [0.3, 0.4) is 0 Å². The molecule has 6 nitrogen and oxygen atoms in total. The van der Waals surface area contributed by atoms with E-state index in [0.717, 1.165) is 0 Å². The number of aromatic amines is 1. The molecule has 0 saturated heterocycles. The number of hydrogen-bond donors (Lipinski definition) is 3. The fraction of sp³-hybridized carbons (Fsp3) is 0.286. The number of rotatable bonds is 3. The van der Waals surface area contributed by atoms with Crippen molar-refractivity contribution in [3.8, 4) is 0 Å². The van der Waals surface area contributed by atoms with Gasteiger partial charge in [0, 0.05) is 18.2 Å². The van der Waals surface area contributed by atoms with Crippen LogP contribution >= 0.6 is 12.4 Å². The maximum atomic E-state index is 11.1. The highest BCUT2D eigenvalue weighted by Gasteiger charge is 2.03. The largest absolute Gasteiger partial charge is 0.481 e. The van der Waals surface area contributed by atoms with Crippen LogP contribution in [0.5, 0.6) is 0 Å². The number of carboxylic acids is 1. The molecule has 1 aromatic rings. The summed E-state index contributed by atoms with van der Waals surface area (Å²) in [5.74, 6) is -0.916. The number of nitrogen functional groups attached to an aromatic ring is 1. The van der Waals surface area contributed by atoms with Crippen molar-refractivity contribution in [3.63, 3.8) is 0 Å². The van der Waals surface area contributed by atoms with Gasteiger partial charge in [-0.25, -0.2) is 4.98 Å². The van der Waals surface area contributed by atoms with E-state index < -0.39 is 5.97 Å². The van der Waals surface area contributed by atoms with E-state index in [4.69, 9.17) is 10.8 Å². The van der Waals surface area contributed by atoms with E-state index in [1.165, 1.54) is 6.20 Å². The van der Waals surface area contributed by atoms with Gasteiger partial charge in [-0.15, -0.1) is 12.4 Å². The number of aryl methyl sites for hydroxylation is 1. The third-order valence-electron chi connectivity index (χ3n) is 1.50. The van der Waals surface area contributed by atoms with Gasteiger partial charge in [-0.3, -0.25) is 14.6 Å². The minimum atomic E-state index is -0.948. The topological polar surface area (TPSA) is 109 Å². The van der Waals surface area contributed by atoms with Crippen LogP contribution < -0.4 is 11.3 Å². The van der Waals surface area contributed by atoms with Crippen molar-refractivity contribution in [1.82, 2.24) is 9.97 Å². The zero-order valence-electron chi connectivity index (χ0n) is 7.19. The Bertz CT molecular complexity index is 377. The molecule has 0 aliphatic heterocycles. The quantitative estimate of drug-likeness (QED) is 0.652. The first-order valence-corrected chi connectivity index (χ1v) is 3.65. The monoisotopic (exact) mass is 219 g/mol. The molecule has 0 fully saturated rings. The van der Waals surface area contributed by atoms with E-state index in [9.17, 15) is 9.59 Å². The van der Waals surface area contributed by atoms with E-state index in [1.54, 1.807) is 0 Å². The van der Waals surface area contributed by atoms with Crippen molar-refractivity contribution in [2.24, 2.45) is 0 Å². The summed E-state index contributed by atoms with van der Waals surface area (Å²) in [5, 5.41) is 8.36. The summed E-state index contributed by atoms with van der Waals surface area (Å²) >= 11 is 0. The summed E-state index contributed by atoms with van der Waals surface area (Å²) in [5.41, 5.74) is 5.15. The van der Waals surface area contributed by atoms with Crippen LogP contribution in [0.2, 0.25) is 0 Å². The SMILES string of the molecule is Cl.Nc1ncc(CCC(=O)O)c(=O)[nH]1. The predicted octanol–water partition coefficient (Wildman–Crippen LogP) is -0.209. The van der Waals surface area contributed by atoms with Gasteiger partial charge in [0.2, 0.25) is 0 Å². The molecule has 0 aliphatic rings. The highest BCUT2D eigenvalue weighted by atomic mass is 35.5. The van der Waals surface area contributed by atoms with Gasteiger partial charge in [-0.05, 0) is 6.42 Å². The lowest BCUT2D eigenvalue weighted by molar-refractivity contribution is -0.136. The van der Waals surface area contributed by atoms with Crippen molar-refractivity contribution < 1.29 is 9.90 Å². The molecule has 0 atom stereocenters. The molecule has 1 aromatic heterocycles. The molecule has 0 spiro atoms. The van der Waals surface area contributed by atoms with Crippen LogP contribution in [-0.2, 0) is 11.2 Å². The summed E-state index contributed by atoms with van der Waals surface area (Å²) in [6, 6.07) is 0. The second-order valence-electron chi connectivity index (χ2n) is 2.52. The molecule has 0 aromatic carbocycles. The molecule has 1 heterocycles. The number of hydrogen-bond acceptors (Lipinski definition) is 4. The summed E-state index contributed by atoms with van der Waals surface area (Å²) in [6.07, 6.45) is 1.36. The Hall–Kier alpha value is -1.56.